The van der Waals surface area contributed by atoms with E-state index >= 15 is 0 Å². The molecule has 9 heteroatoms. The molecular formula is C20H12F3N3O2S. The molecule has 0 aliphatic rings. The van der Waals surface area contributed by atoms with Crippen LogP contribution in [-0.4, -0.2) is 15.9 Å². The number of hydrogen-bond donors (Lipinski definition) is 1. The van der Waals surface area contributed by atoms with Crippen LogP contribution in [0, 0.1) is 0 Å². The third kappa shape index (κ3) is 4.19. The van der Waals surface area contributed by atoms with Gasteiger partial charge in [-0.2, -0.15) is 13.2 Å². The van der Waals surface area contributed by atoms with Gasteiger partial charge in [-0.25, -0.2) is 4.98 Å². The maximum absolute atomic E-state index is 12.9. The Labute approximate surface area is 166 Å². The highest BCUT2D eigenvalue weighted by Crippen LogP contribution is 2.33. The summed E-state index contributed by atoms with van der Waals surface area (Å²) in [6.45, 7) is 0. The monoisotopic (exact) mass is 415 g/mol. The van der Waals surface area contributed by atoms with Crippen molar-refractivity contribution in [1.82, 2.24) is 9.97 Å². The topological polar surface area (TPSA) is 68.0 Å². The second-order valence-corrected chi connectivity index (χ2v) is 6.83. The van der Waals surface area contributed by atoms with E-state index < -0.39 is 17.6 Å². The van der Waals surface area contributed by atoms with Crippen LogP contribution in [-0.2, 0) is 6.18 Å². The van der Waals surface area contributed by atoms with Crippen LogP contribution in [0.3, 0.4) is 0 Å². The van der Waals surface area contributed by atoms with Gasteiger partial charge in [-0.1, -0.05) is 12.1 Å². The molecule has 0 unspecified atom stereocenters. The number of anilines is 1. The Hall–Kier alpha value is -3.46. The molecule has 1 aromatic carbocycles. The molecule has 0 saturated carbocycles. The molecule has 1 amide bonds. The summed E-state index contributed by atoms with van der Waals surface area (Å²) < 4.78 is 44.1. The largest absolute Gasteiger partial charge is 0.451 e. The van der Waals surface area contributed by atoms with Crippen molar-refractivity contribution in [3.05, 3.63) is 77.6 Å². The Morgan fingerprint density at radius 3 is 2.66 bits per heavy atom. The Kier molecular flexibility index (Phi) is 4.89. The number of aromatic nitrogens is 2. The summed E-state index contributed by atoms with van der Waals surface area (Å²) in [6, 6.07) is 11.2. The summed E-state index contributed by atoms with van der Waals surface area (Å²) in [6.07, 6.45) is -1.15. The highest BCUT2D eigenvalue weighted by Gasteiger charge is 2.30. The van der Waals surface area contributed by atoms with Crippen LogP contribution in [0.25, 0.3) is 22.6 Å². The van der Waals surface area contributed by atoms with Gasteiger partial charge in [0, 0.05) is 28.9 Å². The molecule has 3 heterocycles. The van der Waals surface area contributed by atoms with Crippen molar-refractivity contribution in [2.75, 3.05) is 5.32 Å². The van der Waals surface area contributed by atoms with Crippen LogP contribution in [0.4, 0.5) is 18.3 Å². The number of thiazole rings is 1. The minimum absolute atomic E-state index is 0.0319. The van der Waals surface area contributed by atoms with Crippen LogP contribution in [0.5, 0.6) is 0 Å². The van der Waals surface area contributed by atoms with Crippen LogP contribution >= 0.6 is 11.3 Å². The number of nitrogens with one attached hydrogen (secondary N) is 1. The van der Waals surface area contributed by atoms with Gasteiger partial charge in [0.1, 0.15) is 5.76 Å². The Morgan fingerprint density at radius 2 is 1.90 bits per heavy atom. The smallest absolute Gasteiger partial charge is 0.416 e. The van der Waals surface area contributed by atoms with Gasteiger partial charge in [-0.15, -0.1) is 11.3 Å². The highest BCUT2D eigenvalue weighted by atomic mass is 32.1. The molecule has 5 nitrogen and oxygen atoms in total. The number of halogens is 3. The van der Waals surface area contributed by atoms with E-state index in [9.17, 15) is 18.0 Å². The number of carbonyl (C=O) groups is 1. The molecule has 0 bridgehead atoms. The van der Waals surface area contributed by atoms with E-state index in [1.165, 1.54) is 35.6 Å². The third-order valence-corrected chi connectivity index (χ3v) is 4.74. The third-order valence-electron chi connectivity index (χ3n) is 3.99. The maximum atomic E-state index is 12.9. The molecule has 0 atom stereocenters. The van der Waals surface area contributed by atoms with Gasteiger partial charge in [0.2, 0.25) is 0 Å². The predicted molar refractivity (Wildman–Crippen MR) is 102 cm³/mol. The summed E-state index contributed by atoms with van der Waals surface area (Å²) in [5, 5.41) is 4.77. The molecule has 0 aliphatic heterocycles. The van der Waals surface area contributed by atoms with Gasteiger partial charge in [0.05, 0.1) is 11.3 Å². The van der Waals surface area contributed by atoms with Crippen molar-refractivity contribution in [3.8, 4) is 22.6 Å². The zero-order chi connectivity index (χ0) is 20.4. The Bertz CT molecular complexity index is 1150. The molecule has 4 rings (SSSR count). The molecule has 0 radical (unpaired) electrons. The van der Waals surface area contributed by atoms with Crippen LogP contribution in [0.2, 0.25) is 0 Å². The first kappa shape index (κ1) is 18.9. The first-order valence-corrected chi connectivity index (χ1v) is 9.23. The molecule has 0 spiro atoms. The zero-order valence-electron chi connectivity index (χ0n) is 14.6. The van der Waals surface area contributed by atoms with E-state index in [4.69, 9.17) is 4.42 Å². The van der Waals surface area contributed by atoms with Crippen molar-refractivity contribution < 1.29 is 22.4 Å². The number of alkyl halides is 3. The van der Waals surface area contributed by atoms with E-state index in [-0.39, 0.29) is 17.1 Å². The zero-order valence-corrected chi connectivity index (χ0v) is 15.4. The molecule has 0 fully saturated rings. The lowest BCUT2D eigenvalue weighted by Gasteiger charge is -2.07. The molecule has 3 aromatic heterocycles. The predicted octanol–water partition coefficient (Wildman–Crippen LogP) is 5.74. The highest BCUT2D eigenvalue weighted by molar-refractivity contribution is 7.14. The van der Waals surface area contributed by atoms with Gasteiger partial charge < -0.3 is 4.42 Å². The van der Waals surface area contributed by atoms with Gasteiger partial charge >= 0.3 is 6.18 Å². The fourth-order valence-electron chi connectivity index (χ4n) is 2.60. The summed E-state index contributed by atoms with van der Waals surface area (Å²) in [7, 11) is 0. The van der Waals surface area contributed by atoms with Crippen molar-refractivity contribution in [1.29, 1.82) is 0 Å². The molecule has 29 heavy (non-hydrogen) atoms. The molecule has 0 aliphatic carbocycles. The lowest BCUT2D eigenvalue weighted by Crippen LogP contribution is -2.10. The second-order valence-electron chi connectivity index (χ2n) is 5.98. The van der Waals surface area contributed by atoms with Gasteiger partial charge in [0.15, 0.2) is 10.9 Å². The second kappa shape index (κ2) is 7.51. The van der Waals surface area contributed by atoms with Crippen molar-refractivity contribution in [3.63, 3.8) is 0 Å². The SMILES string of the molecule is O=C(Nc1nc(-c2cccnc2)cs1)c1ccc(-c2cccc(C(F)(F)F)c2)o1. The summed E-state index contributed by atoms with van der Waals surface area (Å²) in [5.74, 6) is -0.415. The number of furan rings is 1. The number of benzene rings is 1. The average Bonchev–Trinajstić information content (AvgIpc) is 3.38. The lowest BCUT2D eigenvalue weighted by atomic mass is 10.1. The van der Waals surface area contributed by atoms with E-state index in [1.807, 2.05) is 6.07 Å². The molecule has 146 valence electrons. The standard InChI is InChI=1S/C20H12F3N3O2S/c21-20(22,23)14-5-1-3-12(9-14)16-6-7-17(28-16)18(27)26-19-25-15(11-29-19)13-4-2-8-24-10-13/h1-11H,(H,25,26,27). The maximum Gasteiger partial charge on any atom is 0.416 e. The summed E-state index contributed by atoms with van der Waals surface area (Å²) in [5.41, 5.74) is 0.923. The van der Waals surface area contributed by atoms with Crippen LogP contribution in [0.1, 0.15) is 16.1 Å². The number of pyridine rings is 1. The fraction of sp³-hybridized carbons (Fsp3) is 0.0500. The van der Waals surface area contributed by atoms with E-state index in [1.54, 1.807) is 23.8 Å². The summed E-state index contributed by atoms with van der Waals surface area (Å²) in [4.78, 5) is 20.8. The normalized spacial score (nSPS) is 11.4. The minimum atomic E-state index is -4.46. The fourth-order valence-corrected chi connectivity index (χ4v) is 3.32. The van der Waals surface area contributed by atoms with E-state index in [2.05, 4.69) is 15.3 Å². The van der Waals surface area contributed by atoms with Gasteiger partial charge in [-0.3, -0.25) is 15.1 Å². The number of carbonyl (C=O) groups excluding carboxylic acids is 1. The van der Waals surface area contributed by atoms with Crippen LogP contribution in [0.15, 0.2) is 70.7 Å². The van der Waals surface area contributed by atoms with Gasteiger partial charge in [-0.05, 0) is 36.4 Å². The average molecular weight is 415 g/mol. The molecule has 0 saturated heterocycles. The lowest BCUT2D eigenvalue weighted by molar-refractivity contribution is -0.137. The van der Waals surface area contributed by atoms with E-state index in [0.29, 0.717) is 10.8 Å². The summed E-state index contributed by atoms with van der Waals surface area (Å²) >= 11 is 1.24. The van der Waals surface area contributed by atoms with Crippen molar-refractivity contribution in [2.45, 2.75) is 6.18 Å². The Morgan fingerprint density at radius 1 is 1.07 bits per heavy atom. The van der Waals surface area contributed by atoms with Crippen molar-refractivity contribution >= 4 is 22.4 Å². The first-order valence-electron chi connectivity index (χ1n) is 8.35. The number of amides is 1. The van der Waals surface area contributed by atoms with Crippen LogP contribution < -0.4 is 5.32 Å². The van der Waals surface area contributed by atoms with Crippen molar-refractivity contribution in [2.24, 2.45) is 0 Å². The number of nitrogens with zero attached hydrogens (tertiary/aromatic N) is 2. The number of rotatable bonds is 4. The van der Waals surface area contributed by atoms with Gasteiger partial charge in [0.25, 0.3) is 5.91 Å². The minimum Gasteiger partial charge on any atom is -0.451 e. The molecular weight excluding hydrogens is 403 g/mol. The molecule has 1 N–H and O–H groups in total. The van der Waals surface area contributed by atoms with E-state index in [0.717, 1.165) is 17.7 Å². The Balaban J connectivity index is 1.50. The first-order chi connectivity index (χ1) is 13.9. The number of hydrogen-bond acceptors (Lipinski definition) is 5. The molecule has 4 aromatic rings. The quantitative estimate of drug-likeness (QED) is 0.462.